The van der Waals surface area contributed by atoms with Crippen LogP contribution < -0.4 is 5.73 Å². The Kier molecular flexibility index (Phi) is 4.70. The third kappa shape index (κ3) is 2.93. The number of aliphatic hydroxyl groups is 1. The van der Waals surface area contributed by atoms with Gasteiger partial charge in [-0.2, -0.15) is 0 Å². The van der Waals surface area contributed by atoms with E-state index in [1.54, 1.807) is 0 Å². The molecular weight excluding hydrogens is 164 g/mol. The Hall–Kier alpha value is -0.120. The lowest BCUT2D eigenvalue weighted by Gasteiger charge is -2.25. The number of rotatable bonds is 5. The molecule has 1 fully saturated rings. The van der Waals surface area contributed by atoms with Crippen molar-refractivity contribution >= 4 is 0 Å². The molecule has 0 aromatic heterocycles. The van der Waals surface area contributed by atoms with Crippen molar-refractivity contribution in [2.45, 2.75) is 32.2 Å². The third-order valence-electron chi connectivity index (χ3n) is 3.09. The summed E-state index contributed by atoms with van der Waals surface area (Å²) in [5.41, 5.74) is 5.73. The predicted octanol–water partition coefficient (Wildman–Crippen LogP) is 0.428. The van der Waals surface area contributed by atoms with Gasteiger partial charge in [-0.25, -0.2) is 0 Å². The molecule has 0 aromatic carbocycles. The van der Waals surface area contributed by atoms with Crippen LogP contribution in [0, 0.1) is 5.92 Å². The maximum absolute atomic E-state index is 8.67. The molecule has 1 rings (SSSR count). The normalized spacial score (nSPS) is 29.8. The summed E-state index contributed by atoms with van der Waals surface area (Å²) in [6.45, 7) is 5.67. The maximum Gasteiger partial charge on any atom is 0.0431 e. The molecule has 0 aliphatic carbocycles. The van der Waals surface area contributed by atoms with E-state index in [1.807, 2.05) is 0 Å². The van der Waals surface area contributed by atoms with Gasteiger partial charge in [0.2, 0.25) is 0 Å². The SMILES string of the molecule is CC1CCN(CCCCO)C1CN. The average Bonchev–Trinajstić information content (AvgIpc) is 2.47. The lowest BCUT2D eigenvalue weighted by molar-refractivity contribution is 0.218. The van der Waals surface area contributed by atoms with Crippen LogP contribution in [-0.4, -0.2) is 42.3 Å². The number of unbranched alkanes of at least 4 members (excludes halogenated alkanes) is 1. The molecule has 1 heterocycles. The van der Waals surface area contributed by atoms with E-state index in [1.165, 1.54) is 13.0 Å². The lowest BCUT2D eigenvalue weighted by atomic mass is 10.0. The molecule has 1 aliphatic rings. The second-order valence-corrected chi connectivity index (χ2v) is 4.04. The van der Waals surface area contributed by atoms with Gasteiger partial charge < -0.3 is 10.8 Å². The van der Waals surface area contributed by atoms with Gasteiger partial charge >= 0.3 is 0 Å². The highest BCUT2D eigenvalue weighted by Gasteiger charge is 2.28. The van der Waals surface area contributed by atoms with Crippen molar-refractivity contribution in [2.24, 2.45) is 11.7 Å². The van der Waals surface area contributed by atoms with Crippen LogP contribution in [-0.2, 0) is 0 Å². The molecule has 1 saturated heterocycles. The van der Waals surface area contributed by atoms with E-state index < -0.39 is 0 Å². The van der Waals surface area contributed by atoms with Gasteiger partial charge in [0.05, 0.1) is 0 Å². The number of nitrogens with zero attached hydrogens (tertiary/aromatic N) is 1. The molecule has 3 N–H and O–H groups in total. The summed E-state index contributed by atoms with van der Waals surface area (Å²) in [4.78, 5) is 2.47. The van der Waals surface area contributed by atoms with Crippen molar-refractivity contribution < 1.29 is 5.11 Å². The fourth-order valence-electron chi connectivity index (χ4n) is 2.17. The summed E-state index contributed by atoms with van der Waals surface area (Å²) in [6.07, 6.45) is 3.29. The number of likely N-dealkylation sites (tertiary alicyclic amines) is 1. The summed E-state index contributed by atoms with van der Waals surface area (Å²) >= 11 is 0. The van der Waals surface area contributed by atoms with Crippen molar-refractivity contribution in [1.82, 2.24) is 4.90 Å². The van der Waals surface area contributed by atoms with Gasteiger partial charge in [-0.05, 0) is 38.3 Å². The van der Waals surface area contributed by atoms with Gasteiger partial charge in [0.15, 0.2) is 0 Å². The molecule has 0 bridgehead atoms. The molecular formula is C10H22N2O. The van der Waals surface area contributed by atoms with Crippen LogP contribution >= 0.6 is 0 Å². The van der Waals surface area contributed by atoms with Gasteiger partial charge in [-0.1, -0.05) is 6.92 Å². The fraction of sp³-hybridized carbons (Fsp3) is 1.00. The Balaban J connectivity index is 2.24. The summed E-state index contributed by atoms with van der Waals surface area (Å²) < 4.78 is 0. The Morgan fingerprint density at radius 2 is 2.23 bits per heavy atom. The molecule has 3 nitrogen and oxygen atoms in total. The van der Waals surface area contributed by atoms with Crippen LogP contribution in [0.5, 0.6) is 0 Å². The second-order valence-electron chi connectivity index (χ2n) is 4.04. The van der Waals surface area contributed by atoms with Gasteiger partial charge in [0.1, 0.15) is 0 Å². The highest BCUT2D eigenvalue weighted by atomic mass is 16.2. The Labute approximate surface area is 80.9 Å². The molecule has 2 atom stereocenters. The number of nitrogens with two attached hydrogens (primary N) is 1. The van der Waals surface area contributed by atoms with Gasteiger partial charge in [0, 0.05) is 19.2 Å². The summed E-state index contributed by atoms with van der Waals surface area (Å²) in [5.74, 6) is 0.749. The minimum absolute atomic E-state index is 0.316. The largest absolute Gasteiger partial charge is 0.396 e. The van der Waals surface area contributed by atoms with Gasteiger partial charge in [0.25, 0.3) is 0 Å². The van der Waals surface area contributed by atoms with Gasteiger partial charge in [-0.15, -0.1) is 0 Å². The Morgan fingerprint density at radius 1 is 1.46 bits per heavy atom. The molecule has 3 heteroatoms. The minimum Gasteiger partial charge on any atom is -0.396 e. The predicted molar refractivity (Wildman–Crippen MR) is 54.5 cm³/mol. The highest BCUT2D eigenvalue weighted by molar-refractivity contribution is 4.84. The average molecular weight is 186 g/mol. The number of hydrogen-bond donors (Lipinski definition) is 2. The zero-order valence-corrected chi connectivity index (χ0v) is 8.58. The first kappa shape index (κ1) is 11.0. The summed E-state index contributed by atoms with van der Waals surface area (Å²) in [5, 5.41) is 8.67. The number of hydrogen-bond acceptors (Lipinski definition) is 3. The van der Waals surface area contributed by atoms with Gasteiger partial charge in [-0.3, -0.25) is 4.90 Å². The minimum atomic E-state index is 0.316. The highest BCUT2D eigenvalue weighted by Crippen LogP contribution is 2.22. The molecule has 0 radical (unpaired) electrons. The van der Waals surface area contributed by atoms with Crippen LogP contribution in [0.3, 0.4) is 0 Å². The first-order valence-corrected chi connectivity index (χ1v) is 5.34. The molecule has 2 unspecified atom stereocenters. The van der Waals surface area contributed by atoms with E-state index in [4.69, 9.17) is 10.8 Å². The quantitative estimate of drug-likeness (QED) is 0.612. The van der Waals surface area contributed by atoms with E-state index in [0.29, 0.717) is 12.6 Å². The van der Waals surface area contributed by atoms with E-state index in [2.05, 4.69) is 11.8 Å². The standard InChI is InChI=1S/C10H22N2O/c1-9-4-6-12(10(9)8-11)5-2-3-7-13/h9-10,13H,2-8,11H2,1H3. The van der Waals surface area contributed by atoms with Crippen molar-refractivity contribution in [2.75, 3.05) is 26.2 Å². The van der Waals surface area contributed by atoms with Crippen LogP contribution in [0.2, 0.25) is 0 Å². The first-order valence-electron chi connectivity index (χ1n) is 5.34. The van der Waals surface area contributed by atoms with Crippen LogP contribution in [0.15, 0.2) is 0 Å². The molecule has 1 aliphatic heterocycles. The lowest BCUT2D eigenvalue weighted by Crippen LogP contribution is -2.38. The third-order valence-corrected chi connectivity index (χ3v) is 3.09. The van der Waals surface area contributed by atoms with E-state index in [-0.39, 0.29) is 0 Å². The Morgan fingerprint density at radius 3 is 2.85 bits per heavy atom. The van der Waals surface area contributed by atoms with Crippen molar-refractivity contribution in [1.29, 1.82) is 0 Å². The van der Waals surface area contributed by atoms with Crippen molar-refractivity contribution in [3.8, 4) is 0 Å². The molecule has 78 valence electrons. The smallest absolute Gasteiger partial charge is 0.0431 e. The molecule has 0 amide bonds. The van der Waals surface area contributed by atoms with Crippen molar-refractivity contribution in [3.63, 3.8) is 0 Å². The number of aliphatic hydroxyl groups excluding tert-OH is 1. The zero-order valence-electron chi connectivity index (χ0n) is 8.58. The second kappa shape index (κ2) is 5.58. The summed E-state index contributed by atoms with van der Waals surface area (Å²) in [6, 6.07) is 0.582. The van der Waals surface area contributed by atoms with Crippen LogP contribution in [0.25, 0.3) is 0 Å². The molecule has 0 saturated carbocycles. The van der Waals surface area contributed by atoms with Crippen LogP contribution in [0.1, 0.15) is 26.2 Å². The Bertz CT molecular complexity index is 141. The van der Waals surface area contributed by atoms with Crippen molar-refractivity contribution in [3.05, 3.63) is 0 Å². The first-order chi connectivity index (χ1) is 6.29. The van der Waals surface area contributed by atoms with E-state index in [0.717, 1.165) is 31.8 Å². The maximum atomic E-state index is 8.67. The molecule has 0 aromatic rings. The monoisotopic (exact) mass is 186 g/mol. The molecule has 0 spiro atoms. The molecule has 13 heavy (non-hydrogen) atoms. The van der Waals surface area contributed by atoms with Crippen LogP contribution in [0.4, 0.5) is 0 Å². The van der Waals surface area contributed by atoms with E-state index >= 15 is 0 Å². The summed E-state index contributed by atoms with van der Waals surface area (Å²) in [7, 11) is 0. The fourth-order valence-corrected chi connectivity index (χ4v) is 2.17. The zero-order chi connectivity index (χ0) is 9.68. The van der Waals surface area contributed by atoms with E-state index in [9.17, 15) is 0 Å². The topological polar surface area (TPSA) is 49.5 Å².